The van der Waals surface area contributed by atoms with Crippen molar-refractivity contribution in [2.45, 2.75) is 37.8 Å². The van der Waals surface area contributed by atoms with Crippen molar-refractivity contribution in [3.05, 3.63) is 45.9 Å². The lowest BCUT2D eigenvalue weighted by Crippen LogP contribution is -2.44. The highest BCUT2D eigenvalue weighted by Crippen LogP contribution is 2.40. The van der Waals surface area contributed by atoms with Crippen LogP contribution in [-0.2, 0) is 23.9 Å². The molecule has 28 heavy (non-hydrogen) atoms. The summed E-state index contributed by atoms with van der Waals surface area (Å²) < 4.78 is 78.3. The molecule has 1 N–H and O–H groups in total. The molecule has 0 bridgehead atoms. The number of carbonyl (C=O) groups is 1. The minimum absolute atomic E-state index is 0.127. The highest BCUT2D eigenvalue weighted by Gasteiger charge is 2.51. The predicted octanol–water partition coefficient (Wildman–Crippen LogP) is 2.26. The number of nitrogens with zero attached hydrogens (tertiary/aromatic N) is 4. The molecule has 0 aliphatic carbocycles. The third-order valence-corrected chi connectivity index (χ3v) is 4.40. The Morgan fingerprint density at radius 1 is 1.21 bits per heavy atom. The highest BCUT2D eigenvalue weighted by molar-refractivity contribution is 5.72. The van der Waals surface area contributed by atoms with Gasteiger partial charge in [-0.3, -0.25) is 9.55 Å². The molecule has 13 heteroatoms. The van der Waals surface area contributed by atoms with Gasteiger partial charge in [0.1, 0.15) is 17.6 Å². The number of aryl methyl sites for hydroxylation is 1. The number of carboxylic acids is 1. The van der Waals surface area contributed by atoms with E-state index in [1.165, 1.54) is 0 Å². The van der Waals surface area contributed by atoms with Crippen LogP contribution in [0.3, 0.4) is 0 Å². The van der Waals surface area contributed by atoms with E-state index in [1.807, 2.05) is 0 Å². The van der Waals surface area contributed by atoms with Gasteiger partial charge in [-0.2, -0.15) is 31.4 Å². The number of alkyl halides is 6. The lowest BCUT2D eigenvalue weighted by atomic mass is 9.90. The average Bonchev–Trinajstić information content (AvgIpc) is 2.89. The first kappa shape index (κ1) is 19.9. The molecule has 3 rings (SSSR count). The Balaban J connectivity index is 1.95. The first-order valence-corrected chi connectivity index (χ1v) is 7.89. The maximum atomic E-state index is 13.2. The van der Waals surface area contributed by atoms with Crippen molar-refractivity contribution in [2.24, 2.45) is 5.92 Å². The van der Waals surface area contributed by atoms with Crippen LogP contribution < -0.4 is 5.69 Å². The number of rotatable bonds is 3. The summed E-state index contributed by atoms with van der Waals surface area (Å²) in [6, 6.07) is -0.417. The van der Waals surface area contributed by atoms with E-state index in [1.54, 1.807) is 0 Å². The van der Waals surface area contributed by atoms with Gasteiger partial charge in [0.25, 0.3) is 0 Å². The fraction of sp³-hybridized carbons (Fsp3) is 0.467. The van der Waals surface area contributed by atoms with E-state index in [9.17, 15) is 41.0 Å². The Bertz CT molecular complexity index is 945. The number of aromatic nitrogens is 4. The summed E-state index contributed by atoms with van der Waals surface area (Å²) in [5.41, 5.74) is -2.09. The van der Waals surface area contributed by atoms with Gasteiger partial charge in [0.2, 0.25) is 0 Å². The molecule has 0 amide bonds. The molecule has 2 aromatic heterocycles. The monoisotopic (exact) mass is 410 g/mol. The standard InChI is InChI=1S/C15H12F6N4O3/c16-14(17,18)8-2-4-10-23-24(13(28)25(10)11(8)12(26)27)6-7-1-3-9(22-5-7)15(19,20)21/h1,3,5,8,11H,2,4,6H2,(H,26,27). The summed E-state index contributed by atoms with van der Waals surface area (Å²) in [6.45, 7) is -0.368. The van der Waals surface area contributed by atoms with Gasteiger partial charge in [-0.15, -0.1) is 0 Å². The minimum Gasteiger partial charge on any atom is -0.480 e. The summed E-state index contributed by atoms with van der Waals surface area (Å²) in [6.07, 6.45) is -9.41. The van der Waals surface area contributed by atoms with Gasteiger partial charge in [-0.25, -0.2) is 14.3 Å². The van der Waals surface area contributed by atoms with E-state index in [4.69, 9.17) is 0 Å². The molecule has 0 fully saturated rings. The quantitative estimate of drug-likeness (QED) is 0.785. The lowest BCUT2D eigenvalue weighted by Gasteiger charge is -2.30. The second-order valence-electron chi connectivity index (χ2n) is 6.25. The van der Waals surface area contributed by atoms with E-state index < -0.39 is 48.1 Å². The van der Waals surface area contributed by atoms with Crippen LogP contribution in [0, 0.1) is 5.92 Å². The Labute approximate surface area is 152 Å². The molecule has 0 aromatic carbocycles. The van der Waals surface area contributed by atoms with Gasteiger partial charge in [0.15, 0.2) is 0 Å². The van der Waals surface area contributed by atoms with E-state index >= 15 is 0 Å². The van der Waals surface area contributed by atoms with Gasteiger partial charge >= 0.3 is 24.0 Å². The fourth-order valence-electron chi connectivity index (χ4n) is 3.12. The predicted molar refractivity (Wildman–Crippen MR) is 79.4 cm³/mol. The van der Waals surface area contributed by atoms with Gasteiger partial charge in [-0.1, -0.05) is 6.07 Å². The van der Waals surface area contributed by atoms with Crippen LogP contribution >= 0.6 is 0 Å². The number of halogens is 6. The molecular weight excluding hydrogens is 398 g/mol. The molecule has 0 saturated heterocycles. The number of hydrogen-bond donors (Lipinski definition) is 1. The summed E-state index contributed by atoms with van der Waals surface area (Å²) in [7, 11) is 0. The minimum atomic E-state index is -4.82. The van der Waals surface area contributed by atoms with Crippen LogP contribution in [0.25, 0.3) is 0 Å². The second-order valence-corrected chi connectivity index (χ2v) is 6.25. The van der Waals surface area contributed by atoms with Crippen LogP contribution in [0.15, 0.2) is 23.1 Å². The molecule has 1 aliphatic heterocycles. The third kappa shape index (κ3) is 3.60. The lowest BCUT2D eigenvalue weighted by molar-refractivity contribution is -0.198. The van der Waals surface area contributed by atoms with Gasteiger partial charge in [-0.05, 0) is 18.1 Å². The second kappa shape index (κ2) is 6.63. The Hall–Kier alpha value is -2.86. The number of carboxylic acid groups (broad SMARTS) is 1. The van der Waals surface area contributed by atoms with E-state index in [0.29, 0.717) is 15.3 Å². The van der Waals surface area contributed by atoms with Crippen molar-refractivity contribution in [3.63, 3.8) is 0 Å². The third-order valence-electron chi connectivity index (χ3n) is 4.40. The summed E-state index contributed by atoms with van der Waals surface area (Å²) in [5, 5.41) is 13.1. The van der Waals surface area contributed by atoms with Crippen LogP contribution in [0.1, 0.15) is 29.5 Å². The first-order chi connectivity index (χ1) is 12.9. The zero-order valence-corrected chi connectivity index (χ0v) is 13.8. The zero-order valence-electron chi connectivity index (χ0n) is 13.8. The van der Waals surface area contributed by atoms with Crippen LogP contribution in [-0.4, -0.2) is 36.6 Å². The van der Waals surface area contributed by atoms with Gasteiger partial charge in [0.05, 0.1) is 12.5 Å². The average molecular weight is 410 g/mol. The molecule has 7 nitrogen and oxygen atoms in total. The SMILES string of the molecule is O=C(O)C1C(C(F)(F)F)CCc2nn(Cc3ccc(C(F)(F)F)nc3)c(=O)n21. The van der Waals surface area contributed by atoms with E-state index in [-0.39, 0.29) is 24.4 Å². The van der Waals surface area contributed by atoms with E-state index in [0.717, 1.165) is 12.3 Å². The van der Waals surface area contributed by atoms with Crippen LogP contribution in [0.2, 0.25) is 0 Å². The Morgan fingerprint density at radius 2 is 1.89 bits per heavy atom. The largest absolute Gasteiger partial charge is 0.480 e. The number of fused-ring (bicyclic) bond motifs is 1. The molecule has 0 radical (unpaired) electrons. The van der Waals surface area contributed by atoms with Gasteiger partial charge in [0, 0.05) is 12.6 Å². The molecule has 3 heterocycles. The van der Waals surface area contributed by atoms with Crippen LogP contribution in [0.4, 0.5) is 26.3 Å². The molecule has 0 spiro atoms. The first-order valence-electron chi connectivity index (χ1n) is 7.89. The summed E-state index contributed by atoms with van der Waals surface area (Å²) in [4.78, 5) is 27.1. The normalized spacial score (nSPS) is 20.1. The van der Waals surface area contributed by atoms with Crippen molar-refractivity contribution in [1.29, 1.82) is 0 Å². The highest BCUT2D eigenvalue weighted by atomic mass is 19.4. The molecule has 1 aliphatic rings. The molecule has 2 unspecified atom stereocenters. The van der Waals surface area contributed by atoms with E-state index in [2.05, 4.69) is 10.1 Å². The fourth-order valence-corrected chi connectivity index (χ4v) is 3.12. The number of hydrogen-bond acceptors (Lipinski definition) is 4. The Morgan fingerprint density at radius 3 is 2.39 bits per heavy atom. The summed E-state index contributed by atoms with van der Waals surface area (Å²) >= 11 is 0. The maximum absolute atomic E-state index is 13.2. The van der Waals surface area contributed by atoms with Crippen molar-refractivity contribution in [3.8, 4) is 0 Å². The molecule has 152 valence electrons. The Kier molecular flexibility index (Phi) is 4.71. The zero-order chi connectivity index (χ0) is 20.9. The van der Waals surface area contributed by atoms with Crippen molar-refractivity contribution in [2.75, 3.05) is 0 Å². The molecular formula is C15H12F6N4O3. The topological polar surface area (TPSA) is 90.0 Å². The van der Waals surface area contributed by atoms with Crippen molar-refractivity contribution >= 4 is 5.97 Å². The van der Waals surface area contributed by atoms with Crippen molar-refractivity contribution < 1.29 is 36.2 Å². The summed E-state index contributed by atoms with van der Waals surface area (Å²) in [5.74, 6) is -4.19. The number of pyridine rings is 1. The molecule has 2 atom stereocenters. The van der Waals surface area contributed by atoms with Gasteiger partial charge < -0.3 is 5.11 Å². The van der Waals surface area contributed by atoms with Crippen molar-refractivity contribution in [1.82, 2.24) is 19.3 Å². The molecule has 0 saturated carbocycles. The van der Waals surface area contributed by atoms with Crippen LogP contribution in [0.5, 0.6) is 0 Å². The molecule has 2 aromatic rings. The maximum Gasteiger partial charge on any atom is 0.433 e. The smallest absolute Gasteiger partial charge is 0.433 e. The number of aliphatic carboxylic acids is 1.